The Morgan fingerprint density at radius 2 is 2.38 bits per heavy atom. The number of rotatable bonds is 2. The molecule has 0 aliphatic heterocycles. The van der Waals surface area contributed by atoms with Gasteiger partial charge in [0.2, 0.25) is 0 Å². The fourth-order valence-corrected chi connectivity index (χ4v) is 2.17. The number of amides is 1. The highest BCUT2D eigenvalue weighted by Gasteiger charge is 2.10. The quantitative estimate of drug-likeness (QED) is 0.838. The first kappa shape index (κ1) is 10.6. The van der Waals surface area contributed by atoms with Crippen molar-refractivity contribution in [3.05, 3.63) is 30.2 Å². The van der Waals surface area contributed by atoms with Crippen LogP contribution in [0.3, 0.4) is 0 Å². The average Bonchev–Trinajstić information content (AvgIpc) is 2.61. The molecule has 0 saturated carbocycles. The third kappa shape index (κ3) is 2.17. The van der Waals surface area contributed by atoms with E-state index in [9.17, 15) is 4.79 Å². The summed E-state index contributed by atoms with van der Waals surface area (Å²) in [5.41, 5.74) is 1.56. The molecule has 0 aliphatic carbocycles. The molecule has 0 bridgehead atoms. The van der Waals surface area contributed by atoms with Crippen LogP contribution in [-0.4, -0.2) is 21.2 Å². The van der Waals surface area contributed by atoms with Crippen LogP contribution in [0.4, 0.5) is 9.80 Å². The number of aromatic nitrogens is 2. The summed E-state index contributed by atoms with van der Waals surface area (Å²) in [5, 5.41) is 12.2. The van der Waals surface area contributed by atoms with Gasteiger partial charge in [0.05, 0.1) is 5.69 Å². The van der Waals surface area contributed by atoms with Crippen molar-refractivity contribution in [3.8, 4) is 10.6 Å². The monoisotopic (exact) mass is 235 g/mol. The highest BCUT2D eigenvalue weighted by Crippen LogP contribution is 2.30. The SMILES string of the molecule is Cc1nc(-c2cccnc2)sc1NC(=O)O. The van der Waals surface area contributed by atoms with Crippen molar-refractivity contribution in [2.75, 3.05) is 5.32 Å². The molecular weight excluding hydrogens is 226 g/mol. The van der Waals surface area contributed by atoms with Crippen molar-refractivity contribution >= 4 is 22.4 Å². The molecule has 6 heteroatoms. The lowest BCUT2D eigenvalue weighted by Gasteiger charge is -1.94. The van der Waals surface area contributed by atoms with Crippen LogP contribution in [0.25, 0.3) is 10.6 Å². The summed E-state index contributed by atoms with van der Waals surface area (Å²) in [6.07, 6.45) is 2.30. The number of hydrogen-bond acceptors (Lipinski definition) is 4. The molecule has 2 N–H and O–H groups in total. The molecule has 0 aliphatic rings. The van der Waals surface area contributed by atoms with E-state index >= 15 is 0 Å². The van der Waals surface area contributed by atoms with Crippen molar-refractivity contribution in [1.82, 2.24) is 9.97 Å². The number of nitrogens with zero attached hydrogens (tertiary/aromatic N) is 2. The van der Waals surface area contributed by atoms with Crippen LogP contribution in [0.1, 0.15) is 5.69 Å². The first-order valence-electron chi connectivity index (χ1n) is 4.54. The number of carboxylic acid groups (broad SMARTS) is 1. The predicted octanol–water partition coefficient (Wildman–Crippen LogP) is 2.60. The van der Waals surface area contributed by atoms with E-state index in [0.29, 0.717) is 10.7 Å². The summed E-state index contributed by atoms with van der Waals surface area (Å²) in [5.74, 6) is 0. The Morgan fingerprint density at radius 3 is 3.00 bits per heavy atom. The zero-order valence-electron chi connectivity index (χ0n) is 8.47. The second kappa shape index (κ2) is 4.28. The molecule has 2 rings (SSSR count). The molecule has 0 spiro atoms. The summed E-state index contributed by atoms with van der Waals surface area (Å²) >= 11 is 1.30. The zero-order chi connectivity index (χ0) is 11.5. The highest BCUT2D eigenvalue weighted by atomic mass is 32.1. The largest absolute Gasteiger partial charge is 0.465 e. The van der Waals surface area contributed by atoms with Gasteiger partial charge in [0.15, 0.2) is 0 Å². The fourth-order valence-electron chi connectivity index (χ4n) is 1.22. The molecule has 2 heterocycles. The molecule has 0 radical (unpaired) electrons. The van der Waals surface area contributed by atoms with Crippen LogP contribution in [-0.2, 0) is 0 Å². The van der Waals surface area contributed by atoms with Gasteiger partial charge >= 0.3 is 6.09 Å². The van der Waals surface area contributed by atoms with E-state index in [0.717, 1.165) is 10.6 Å². The molecule has 0 saturated heterocycles. The van der Waals surface area contributed by atoms with Gasteiger partial charge in [0.1, 0.15) is 10.0 Å². The zero-order valence-corrected chi connectivity index (χ0v) is 9.28. The van der Waals surface area contributed by atoms with Gasteiger partial charge in [-0.05, 0) is 19.1 Å². The second-order valence-corrected chi connectivity index (χ2v) is 4.10. The second-order valence-electron chi connectivity index (χ2n) is 3.11. The van der Waals surface area contributed by atoms with Gasteiger partial charge in [-0.2, -0.15) is 0 Å². The number of thiazole rings is 1. The number of pyridine rings is 1. The number of aryl methyl sites for hydroxylation is 1. The van der Waals surface area contributed by atoms with Crippen LogP contribution in [0.15, 0.2) is 24.5 Å². The molecule has 5 nitrogen and oxygen atoms in total. The molecule has 2 aromatic rings. The van der Waals surface area contributed by atoms with Crippen LogP contribution < -0.4 is 5.32 Å². The Kier molecular flexibility index (Phi) is 2.82. The Bertz CT molecular complexity index is 510. The van der Waals surface area contributed by atoms with Gasteiger partial charge in [-0.1, -0.05) is 11.3 Å². The van der Waals surface area contributed by atoms with Gasteiger partial charge < -0.3 is 5.11 Å². The van der Waals surface area contributed by atoms with Crippen molar-refractivity contribution in [3.63, 3.8) is 0 Å². The topological polar surface area (TPSA) is 75.1 Å². The van der Waals surface area contributed by atoms with E-state index in [-0.39, 0.29) is 0 Å². The minimum absolute atomic E-state index is 0.548. The molecule has 0 fully saturated rings. The van der Waals surface area contributed by atoms with Crippen molar-refractivity contribution in [1.29, 1.82) is 0 Å². The van der Waals surface area contributed by atoms with E-state index in [1.54, 1.807) is 19.3 Å². The highest BCUT2D eigenvalue weighted by molar-refractivity contribution is 7.19. The number of hydrogen-bond donors (Lipinski definition) is 2. The molecular formula is C10H9N3O2S. The number of anilines is 1. The first-order chi connectivity index (χ1) is 7.66. The minimum atomic E-state index is -1.08. The molecule has 0 atom stereocenters. The van der Waals surface area contributed by atoms with Crippen LogP contribution >= 0.6 is 11.3 Å². The maximum Gasteiger partial charge on any atom is 0.409 e. The standard InChI is InChI=1S/C10H9N3O2S/c1-6-8(13-10(14)15)16-9(12-6)7-3-2-4-11-5-7/h2-5,13H,1H3,(H,14,15). The number of nitrogens with one attached hydrogen (secondary N) is 1. The number of carbonyl (C=O) groups is 1. The minimum Gasteiger partial charge on any atom is -0.465 e. The summed E-state index contributed by atoms with van der Waals surface area (Å²) in [4.78, 5) is 18.8. The molecule has 1 amide bonds. The Balaban J connectivity index is 2.34. The summed E-state index contributed by atoms with van der Waals surface area (Å²) < 4.78 is 0. The Morgan fingerprint density at radius 1 is 1.56 bits per heavy atom. The van der Waals surface area contributed by atoms with Gasteiger partial charge in [-0.25, -0.2) is 9.78 Å². The lowest BCUT2D eigenvalue weighted by atomic mass is 10.3. The lowest BCUT2D eigenvalue weighted by molar-refractivity contribution is 0.210. The van der Waals surface area contributed by atoms with Crippen LogP contribution in [0.2, 0.25) is 0 Å². The Labute approximate surface area is 95.8 Å². The van der Waals surface area contributed by atoms with Crippen molar-refractivity contribution in [2.24, 2.45) is 0 Å². The third-order valence-electron chi connectivity index (χ3n) is 1.93. The molecule has 82 valence electrons. The van der Waals surface area contributed by atoms with E-state index in [1.165, 1.54) is 11.3 Å². The maximum atomic E-state index is 10.5. The predicted molar refractivity (Wildman–Crippen MR) is 61.7 cm³/mol. The smallest absolute Gasteiger partial charge is 0.409 e. The fraction of sp³-hybridized carbons (Fsp3) is 0.100. The maximum absolute atomic E-state index is 10.5. The van der Waals surface area contributed by atoms with Gasteiger partial charge in [0.25, 0.3) is 0 Å². The molecule has 0 aromatic carbocycles. The lowest BCUT2D eigenvalue weighted by Crippen LogP contribution is -2.06. The molecule has 0 unspecified atom stereocenters. The summed E-state index contributed by atoms with van der Waals surface area (Å²) in [6.45, 7) is 1.77. The van der Waals surface area contributed by atoms with Crippen molar-refractivity contribution in [2.45, 2.75) is 6.92 Å². The summed E-state index contributed by atoms with van der Waals surface area (Å²) in [7, 11) is 0. The van der Waals surface area contributed by atoms with Gasteiger partial charge in [0, 0.05) is 18.0 Å². The van der Waals surface area contributed by atoms with E-state index in [2.05, 4.69) is 15.3 Å². The molecule has 2 aromatic heterocycles. The normalized spacial score (nSPS) is 10.1. The Hall–Kier alpha value is -1.95. The van der Waals surface area contributed by atoms with E-state index in [1.807, 2.05) is 12.1 Å². The van der Waals surface area contributed by atoms with E-state index in [4.69, 9.17) is 5.11 Å². The van der Waals surface area contributed by atoms with Gasteiger partial charge in [-0.3, -0.25) is 10.3 Å². The third-order valence-corrected chi connectivity index (χ3v) is 3.05. The van der Waals surface area contributed by atoms with E-state index < -0.39 is 6.09 Å². The first-order valence-corrected chi connectivity index (χ1v) is 5.36. The molecule has 16 heavy (non-hydrogen) atoms. The van der Waals surface area contributed by atoms with Crippen LogP contribution in [0.5, 0.6) is 0 Å². The summed E-state index contributed by atoms with van der Waals surface area (Å²) in [6, 6.07) is 3.70. The average molecular weight is 235 g/mol. The van der Waals surface area contributed by atoms with Gasteiger partial charge in [-0.15, -0.1) is 0 Å². The van der Waals surface area contributed by atoms with Crippen LogP contribution in [0, 0.1) is 6.92 Å². The van der Waals surface area contributed by atoms with Crippen molar-refractivity contribution < 1.29 is 9.90 Å².